The lowest BCUT2D eigenvalue weighted by atomic mass is 10.1. The molecule has 4 rings (SSSR count). The Morgan fingerprint density at radius 1 is 1.29 bits per heavy atom. The number of aliphatic imine (C=N–C) groups is 1. The molecule has 1 aromatic rings. The molecular formula is C17H17Cl2N3OS. The van der Waals surface area contributed by atoms with Crippen LogP contribution in [0.3, 0.4) is 0 Å². The number of hydrogen-bond donors (Lipinski definition) is 2. The van der Waals surface area contributed by atoms with E-state index in [4.69, 9.17) is 23.2 Å². The minimum absolute atomic E-state index is 0.0327. The van der Waals surface area contributed by atoms with Crippen molar-refractivity contribution >= 4 is 46.6 Å². The summed E-state index contributed by atoms with van der Waals surface area (Å²) in [5, 5.41) is 7.19. The molecule has 0 spiro atoms. The SMILES string of the molecule is CN[C@@H]1c2ccccc2C[C@H]1NC(=O)C1=NC2C(Cl)=C(Cl)SC2C1. The second-order valence-corrected chi connectivity index (χ2v) is 8.51. The first-order valence-electron chi connectivity index (χ1n) is 7.93. The predicted molar refractivity (Wildman–Crippen MR) is 99.8 cm³/mol. The number of carbonyl (C=O) groups excluding carboxylic acids is 1. The highest BCUT2D eigenvalue weighted by Crippen LogP contribution is 2.47. The number of nitrogens with one attached hydrogen (secondary N) is 2. The molecule has 126 valence electrons. The van der Waals surface area contributed by atoms with Gasteiger partial charge in [0.1, 0.15) is 11.8 Å². The van der Waals surface area contributed by atoms with Crippen LogP contribution in [0.15, 0.2) is 38.7 Å². The second kappa shape index (κ2) is 6.37. The number of hydrogen-bond acceptors (Lipinski definition) is 4. The molecule has 0 saturated heterocycles. The molecule has 3 aliphatic rings. The first-order chi connectivity index (χ1) is 11.6. The monoisotopic (exact) mass is 381 g/mol. The topological polar surface area (TPSA) is 53.5 Å². The third kappa shape index (κ3) is 2.68. The van der Waals surface area contributed by atoms with Crippen LogP contribution in [0.25, 0.3) is 0 Å². The number of rotatable bonds is 3. The van der Waals surface area contributed by atoms with Crippen LogP contribution in [0.5, 0.6) is 0 Å². The Hall–Kier alpha value is -1.01. The third-order valence-corrected chi connectivity index (χ3v) is 7.11. The van der Waals surface area contributed by atoms with Crippen LogP contribution < -0.4 is 10.6 Å². The summed E-state index contributed by atoms with van der Waals surface area (Å²) in [6, 6.07) is 8.30. The summed E-state index contributed by atoms with van der Waals surface area (Å²) in [4.78, 5) is 17.2. The molecule has 1 aromatic carbocycles. The first kappa shape index (κ1) is 16.5. The molecule has 7 heteroatoms. The average Bonchev–Trinajstić information content (AvgIpc) is 3.21. The van der Waals surface area contributed by atoms with Gasteiger partial charge in [-0.05, 0) is 24.6 Å². The number of halogens is 2. The zero-order valence-electron chi connectivity index (χ0n) is 13.1. The van der Waals surface area contributed by atoms with Crippen LogP contribution in [0.4, 0.5) is 0 Å². The second-order valence-electron chi connectivity index (χ2n) is 6.25. The van der Waals surface area contributed by atoms with Crippen molar-refractivity contribution in [3.05, 3.63) is 44.8 Å². The van der Waals surface area contributed by atoms with Crippen molar-refractivity contribution in [3.8, 4) is 0 Å². The van der Waals surface area contributed by atoms with E-state index < -0.39 is 0 Å². The van der Waals surface area contributed by atoms with Crippen LogP contribution in [0, 0.1) is 0 Å². The molecule has 0 bridgehead atoms. The molecule has 2 heterocycles. The Labute approximate surface area is 155 Å². The van der Waals surface area contributed by atoms with Gasteiger partial charge in [-0.25, -0.2) is 0 Å². The standard InChI is InChI=1S/C17H17Cl2N3OS/c1-20-14-9-5-3-2-4-8(9)6-10(14)22-17(23)11-7-12-15(21-11)13(18)16(19)24-12/h2-5,10,12,14-15,20H,6-7H2,1H3,(H,22,23)/t10-,12?,14-,15?/m1/s1. The summed E-state index contributed by atoms with van der Waals surface area (Å²) in [7, 11) is 1.92. The fourth-order valence-corrected chi connectivity index (χ4v) is 5.66. The lowest BCUT2D eigenvalue weighted by Gasteiger charge is -2.21. The van der Waals surface area contributed by atoms with Crippen LogP contribution >= 0.6 is 35.0 Å². The Bertz CT molecular complexity index is 764. The molecule has 4 nitrogen and oxygen atoms in total. The molecule has 0 fully saturated rings. The van der Waals surface area contributed by atoms with Crippen molar-refractivity contribution in [1.82, 2.24) is 10.6 Å². The van der Waals surface area contributed by atoms with Gasteiger partial charge in [-0.1, -0.05) is 47.5 Å². The van der Waals surface area contributed by atoms with Crippen LogP contribution in [-0.4, -0.2) is 36.0 Å². The molecule has 4 atom stereocenters. The van der Waals surface area contributed by atoms with Gasteiger partial charge in [-0.15, -0.1) is 11.8 Å². The van der Waals surface area contributed by atoms with Crippen molar-refractivity contribution in [3.63, 3.8) is 0 Å². The van der Waals surface area contributed by atoms with E-state index in [1.165, 1.54) is 22.9 Å². The van der Waals surface area contributed by atoms with Gasteiger partial charge < -0.3 is 10.6 Å². The zero-order chi connectivity index (χ0) is 16.8. The number of amides is 1. The molecule has 24 heavy (non-hydrogen) atoms. The van der Waals surface area contributed by atoms with Crippen molar-refractivity contribution in [2.75, 3.05) is 7.05 Å². The van der Waals surface area contributed by atoms with E-state index in [9.17, 15) is 4.79 Å². The minimum atomic E-state index is -0.161. The van der Waals surface area contributed by atoms with Gasteiger partial charge in [-0.3, -0.25) is 9.79 Å². The van der Waals surface area contributed by atoms with Gasteiger partial charge in [0.25, 0.3) is 5.91 Å². The minimum Gasteiger partial charge on any atom is -0.346 e. The molecule has 0 radical (unpaired) electrons. The lowest BCUT2D eigenvalue weighted by molar-refractivity contribution is -0.115. The largest absolute Gasteiger partial charge is 0.346 e. The van der Waals surface area contributed by atoms with Crippen molar-refractivity contribution in [2.45, 2.75) is 36.2 Å². The van der Waals surface area contributed by atoms with E-state index >= 15 is 0 Å². The maximum absolute atomic E-state index is 12.7. The highest BCUT2D eigenvalue weighted by atomic mass is 35.5. The maximum atomic E-state index is 12.7. The normalized spacial score (nSPS) is 31.0. The number of carbonyl (C=O) groups is 1. The van der Waals surface area contributed by atoms with Gasteiger partial charge in [0, 0.05) is 11.7 Å². The number of nitrogens with zero attached hydrogens (tertiary/aromatic N) is 1. The van der Waals surface area contributed by atoms with Gasteiger partial charge in [-0.2, -0.15) is 0 Å². The van der Waals surface area contributed by atoms with Crippen LogP contribution in [0.1, 0.15) is 23.6 Å². The van der Waals surface area contributed by atoms with Crippen molar-refractivity contribution < 1.29 is 4.79 Å². The van der Waals surface area contributed by atoms with Gasteiger partial charge in [0.15, 0.2) is 0 Å². The molecule has 1 aliphatic carbocycles. The van der Waals surface area contributed by atoms with Crippen molar-refractivity contribution in [1.29, 1.82) is 0 Å². The van der Waals surface area contributed by atoms with Gasteiger partial charge >= 0.3 is 0 Å². The van der Waals surface area contributed by atoms with E-state index in [-0.39, 0.29) is 29.3 Å². The summed E-state index contributed by atoms with van der Waals surface area (Å²) in [6.07, 6.45) is 1.44. The van der Waals surface area contributed by atoms with E-state index in [1.54, 1.807) is 0 Å². The van der Waals surface area contributed by atoms with E-state index in [2.05, 4.69) is 27.8 Å². The van der Waals surface area contributed by atoms with E-state index in [0.29, 0.717) is 21.5 Å². The van der Waals surface area contributed by atoms with Crippen LogP contribution in [0.2, 0.25) is 0 Å². The molecule has 2 aliphatic heterocycles. The van der Waals surface area contributed by atoms with Crippen molar-refractivity contribution in [2.24, 2.45) is 4.99 Å². The number of fused-ring (bicyclic) bond motifs is 2. The summed E-state index contributed by atoms with van der Waals surface area (Å²) in [6.45, 7) is 0. The Morgan fingerprint density at radius 3 is 2.83 bits per heavy atom. The first-order valence-corrected chi connectivity index (χ1v) is 9.56. The Kier molecular flexibility index (Phi) is 4.37. The molecule has 0 saturated carbocycles. The fourth-order valence-electron chi connectivity index (χ4n) is 3.73. The predicted octanol–water partition coefficient (Wildman–Crippen LogP) is 2.96. The average molecular weight is 382 g/mol. The van der Waals surface area contributed by atoms with Gasteiger partial charge in [0.2, 0.25) is 0 Å². The summed E-state index contributed by atoms with van der Waals surface area (Å²) in [5.41, 5.74) is 3.11. The number of benzene rings is 1. The van der Waals surface area contributed by atoms with E-state index in [0.717, 1.165) is 6.42 Å². The third-order valence-electron chi connectivity index (χ3n) is 4.87. The number of likely N-dealkylation sites (N-methyl/N-ethyl adjacent to an activating group) is 1. The van der Waals surface area contributed by atoms with Crippen LogP contribution in [-0.2, 0) is 11.2 Å². The highest BCUT2D eigenvalue weighted by Gasteiger charge is 2.42. The maximum Gasteiger partial charge on any atom is 0.265 e. The molecule has 2 N–H and O–H groups in total. The Balaban J connectivity index is 1.48. The fraction of sp³-hybridized carbons (Fsp3) is 0.412. The van der Waals surface area contributed by atoms with E-state index in [1.807, 2.05) is 19.2 Å². The smallest absolute Gasteiger partial charge is 0.265 e. The molecule has 2 unspecified atom stereocenters. The summed E-state index contributed by atoms with van der Waals surface area (Å²) in [5.74, 6) is -0.0938. The highest BCUT2D eigenvalue weighted by molar-refractivity contribution is 8.05. The summed E-state index contributed by atoms with van der Waals surface area (Å²) < 4.78 is 0.608. The summed E-state index contributed by atoms with van der Waals surface area (Å²) >= 11 is 13.7. The van der Waals surface area contributed by atoms with Gasteiger partial charge in [0.05, 0.1) is 21.5 Å². The Morgan fingerprint density at radius 2 is 2.08 bits per heavy atom. The number of thioether (sulfide) groups is 1. The molecular weight excluding hydrogens is 365 g/mol. The zero-order valence-corrected chi connectivity index (χ0v) is 15.4. The quantitative estimate of drug-likeness (QED) is 0.845. The lowest BCUT2D eigenvalue weighted by Crippen LogP contribution is -2.44. The molecule has 1 amide bonds. The molecule has 0 aromatic heterocycles.